The number of benzene rings is 1. The Kier molecular flexibility index (Phi) is 3.35. The zero-order valence-electron chi connectivity index (χ0n) is 10.2. The number of carbonyl (C=O) groups is 1. The molecule has 1 atom stereocenters. The molecule has 5 heteroatoms. The van der Waals surface area contributed by atoms with Gasteiger partial charge in [0.15, 0.2) is 5.78 Å². The number of ketones is 1. The largest absolute Gasteiger partial charge is 0.291 e. The molecule has 0 radical (unpaired) electrons. The predicted molar refractivity (Wildman–Crippen MR) is 78.8 cm³/mol. The summed E-state index contributed by atoms with van der Waals surface area (Å²) in [5.41, 5.74) is 0.136. The van der Waals surface area contributed by atoms with Crippen LogP contribution in [0.1, 0.15) is 21.2 Å². The number of halogens is 1. The summed E-state index contributed by atoms with van der Waals surface area (Å²) in [4.78, 5) is 12.9. The van der Waals surface area contributed by atoms with Gasteiger partial charge >= 0.3 is 0 Å². The smallest absolute Gasteiger partial charge is 0.194 e. The van der Waals surface area contributed by atoms with Gasteiger partial charge in [0.1, 0.15) is 11.7 Å². The van der Waals surface area contributed by atoms with Crippen molar-refractivity contribution in [2.75, 3.05) is 0 Å². The van der Waals surface area contributed by atoms with Crippen molar-refractivity contribution in [3.05, 3.63) is 58.0 Å². The minimum Gasteiger partial charge on any atom is -0.291 e. The molecule has 1 aromatic carbocycles. The minimum atomic E-state index is -1.09. The second kappa shape index (κ2) is 5.16. The fraction of sp³-hybridized carbons (Fsp3) is 0.0667. The monoisotopic (exact) mass is 301 g/mol. The van der Waals surface area contributed by atoms with Crippen LogP contribution in [0.15, 0.2) is 41.8 Å². The normalized spacial score (nSPS) is 12.2. The first-order valence-corrected chi connectivity index (χ1v) is 7.55. The lowest BCUT2D eigenvalue weighted by Crippen LogP contribution is -2.11. The Bertz CT molecular complexity index is 799. The highest BCUT2D eigenvalue weighted by Crippen LogP contribution is 2.33. The van der Waals surface area contributed by atoms with Crippen LogP contribution in [-0.4, -0.2) is 5.78 Å². The average molecular weight is 301 g/mol. The van der Waals surface area contributed by atoms with Crippen LogP contribution < -0.4 is 0 Å². The fourth-order valence-corrected chi connectivity index (χ4v) is 4.09. The van der Waals surface area contributed by atoms with Gasteiger partial charge in [-0.15, -0.1) is 22.7 Å². The predicted octanol–water partition coefficient (Wildman–Crippen LogP) is 4.59. The van der Waals surface area contributed by atoms with Crippen LogP contribution in [0.5, 0.6) is 0 Å². The van der Waals surface area contributed by atoms with Crippen LogP contribution >= 0.6 is 22.7 Å². The van der Waals surface area contributed by atoms with E-state index in [0.717, 1.165) is 9.40 Å². The lowest BCUT2D eigenvalue weighted by molar-refractivity contribution is 0.0981. The maximum absolute atomic E-state index is 13.7. The van der Waals surface area contributed by atoms with Crippen LogP contribution in [-0.2, 0) is 0 Å². The molecule has 2 heterocycles. The van der Waals surface area contributed by atoms with Crippen LogP contribution in [0.25, 0.3) is 9.40 Å². The molecule has 0 saturated carbocycles. The molecule has 0 bridgehead atoms. The Labute approximate surface area is 122 Å². The molecule has 0 saturated heterocycles. The van der Waals surface area contributed by atoms with Crippen molar-refractivity contribution in [3.63, 3.8) is 0 Å². The van der Waals surface area contributed by atoms with Crippen molar-refractivity contribution >= 4 is 37.9 Å². The molecular formula is C15H8FNOS2. The minimum absolute atomic E-state index is 0.136. The van der Waals surface area contributed by atoms with Gasteiger partial charge in [-0.3, -0.25) is 4.79 Å². The number of hydrogen-bond donors (Lipinski definition) is 0. The Morgan fingerprint density at radius 3 is 2.75 bits per heavy atom. The molecule has 0 N–H and O–H groups in total. The molecule has 0 aliphatic heterocycles. The van der Waals surface area contributed by atoms with Gasteiger partial charge in [-0.1, -0.05) is 18.2 Å². The summed E-state index contributed by atoms with van der Waals surface area (Å²) >= 11 is 2.89. The van der Waals surface area contributed by atoms with E-state index in [0.29, 0.717) is 4.88 Å². The summed E-state index contributed by atoms with van der Waals surface area (Å²) < 4.78 is 15.8. The average Bonchev–Trinajstić information content (AvgIpc) is 3.02. The lowest BCUT2D eigenvalue weighted by Gasteiger charge is -2.07. The number of rotatable bonds is 3. The van der Waals surface area contributed by atoms with Crippen LogP contribution in [0.2, 0.25) is 0 Å². The van der Waals surface area contributed by atoms with Gasteiger partial charge in [0.25, 0.3) is 0 Å². The van der Waals surface area contributed by atoms with Crippen molar-refractivity contribution in [2.45, 2.75) is 5.92 Å². The fourth-order valence-electron chi connectivity index (χ4n) is 2.01. The van der Waals surface area contributed by atoms with Crippen molar-refractivity contribution < 1.29 is 9.18 Å². The quantitative estimate of drug-likeness (QED) is 0.664. The first-order valence-electron chi connectivity index (χ1n) is 5.86. The standard InChI is InChI=1S/C15H8FNOS2/c16-11-4-2-1-3-9(11)10(8-17)15(18)14-7-13-12(20-14)5-6-19-13/h1-7,10H. The third-order valence-corrected chi connectivity index (χ3v) is 5.10. The number of nitriles is 1. The molecule has 0 fully saturated rings. The van der Waals surface area contributed by atoms with Gasteiger partial charge in [-0.05, 0) is 23.6 Å². The van der Waals surface area contributed by atoms with Gasteiger partial charge in [-0.25, -0.2) is 4.39 Å². The van der Waals surface area contributed by atoms with E-state index in [1.54, 1.807) is 29.5 Å². The van der Waals surface area contributed by atoms with E-state index in [1.165, 1.54) is 23.5 Å². The molecule has 0 spiro atoms. The molecular weight excluding hydrogens is 293 g/mol. The van der Waals surface area contributed by atoms with Gasteiger partial charge in [-0.2, -0.15) is 5.26 Å². The Morgan fingerprint density at radius 1 is 1.25 bits per heavy atom. The molecule has 0 amide bonds. The van der Waals surface area contributed by atoms with E-state index in [4.69, 9.17) is 0 Å². The zero-order chi connectivity index (χ0) is 14.1. The highest BCUT2D eigenvalue weighted by Gasteiger charge is 2.26. The second-order valence-electron chi connectivity index (χ2n) is 4.21. The van der Waals surface area contributed by atoms with E-state index >= 15 is 0 Å². The van der Waals surface area contributed by atoms with E-state index in [2.05, 4.69) is 0 Å². The highest BCUT2D eigenvalue weighted by molar-refractivity contribution is 7.27. The molecule has 1 unspecified atom stereocenters. The third kappa shape index (κ3) is 2.13. The summed E-state index contributed by atoms with van der Waals surface area (Å²) in [6.07, 6.45) is 0. The summed E-state index contributed by atoms with van der Waals surface area (Å²) in [7, 11) is 0. The zero-order valence-corrected chi connectivity index (χ0v) is 11.8. The topological polar surface area (TPSA) is 40.9 Å². The third-order valence-electron chi connectivity index (χ3n) is 2.99. The molecule has 20 heavy (non-hydrogen) atoms. The van der Waals surface area contributed by atoms with Crippen molar-refractivity contribution in [2.24, 2.45) is 0 Å². The van der Waals surface area contributed by atoms with Crippen molar-refractivity contribution in [1.82, 2.24) is 0 Å². The van der Waals surface area contributed by atoms with E-state index < -0.39 is 11.7 Å². The lowest BCUT2D eigenvalue weighted by atomic mass is 9.95. The number of thiophene rings is 2. The van der Waals surface area contributed by atoms with Crippen LogP contribution in [0.4, 0.5) is 4.39 Å². The molecule has 2 nitrogen and oxygen atoms in total. The Balaban J connectivity index is 2.02. The van der Waals surface area contributed by atoms with E-state index in [-0.39, 0.29) is 11.3 Å². The number of Topliss-reactive ketones (excluding diaryl/α,β-unsaturated/α-hetero) is 1. The van der Waals surface area contributed by atoms with Gasteiger partial charge < -0.3 is 0 Å². The first-order chi connectivity index (χ1) is 9.70. The van der Waals surface area contributed by atoms with Gasteiger partial charge in [0, 0.05) is 15.0 Å². The molecule has 3 aromatic rings. The maximum atomic E-state index is 13.7. The van der Waals surface area contributed by atoms with Crippen LogP contribution in [0, 0.1) is 17.1 Å². The molecule has 0 aliphatic carbocycles. The summed E-state index contributed by atoms with van der Waals surface area (Å²) in [5.74, 6) is -1.96. The molecule has 98 valence electrons. The maximum Gasteiger partial charge on any atom is 0.194 e. The van der Waals surface area contributed by atoms with Gasteiger partial charge in [0.2, 0.25) is 0 Å². The summed E-state index contributed by atoms with van der Waals surface area (Å²) in [6.45, 7) is 0. The number of fused-ring (bicyclic) bond motifs is 1. The second-order valence-corrected chi connectivity index (χ2v) is 6.24. The molecule has 0 aliphatic rings. The van der Waals surface area contributed by atoms with E-state index in [1.807, 2.05) is 17.5 Å². The van der Waals surface area contributed by atoms with Crippen molar-refractivity contribution in [1.29, 1.82) is 5.26 Å². The Morgan fingerprint density at radius 2 is 2.05 bits per heavy atom. The molecule has 3 rings (SSSR count). The number of hydrogen-bond acceptors (Lipinski definition) is 4. The highest BCUT2D eigenvalue weighted by atomic mass is 32.1. The SMILES string of the molecule is N#CC(C(=O)c1cc2sccc2s1)c1ccccc1F. The summed E-state index contributed by atoms with van der Waals surface area (Å²) in [6, 6.07) is 11.5. The van der Waals surface area contributed by atoms with Crippen molar-refractivity contribution in [3.8, 4) is 6.07 Å². The number of nitrogens with zero attached hydrogens (tertiary/aromatic N) is 1. The Hall–Kier alpha value is -2.03. The van der Waals surface area contributed by atoms with Gasteiger partial charge in [0.05, 0.1) is 10.9 Å². The molecule has 2 aromatic heterocycles. The van der Waals surface area contributed by atoms with E-state index in [9.17, 15) is 14.4 Å². The number of carbonyl (C=O) groups excluding carboxylic acids is 1. The first kappa shape index (κ1) is 13.0. The van der Waals surface area contributed by atoms with Crippen LogP contribution in [0.3, 0.4) is 0 Å². The summed E-state index contributed by atoms with van der Waals surface area (Å²) in [5, 5.41) is 11.2.